The second-order valence-electron chi connectivity index (χ2n) is 30.5. The average Bonchev–Trinajstić information content (AvgIpc) is 0.813. The van der Waals surface area contributed by atoms with Gasteiger partial charge in [0.05, 0.1) is 96.9 Å². The van der Waals surface area contributed by atoms with E-state index < -0.39 is 302 Å². The Kier molecular flexibility index (Phi) is 36.0. The zero-order valence-electron chi connectivity index (χ0n) is 62.8. The monoisotopic (exact) mass is 1550 g/mol. The van der Waals surface area contributed by atoms with Crippen molar-refractivity contribution in [2.24, 2.45) is 65.0 Å². The molecule has 37 heteroatoms. The van der Waals surface area contributed by atoms with E-state index in [0.717, 1.165) is 83.1 Å². The molecule has 37 nitrogen and oxygen atoms in total. The Morgan fingerprint density at radius 3 is 0.704 bits per heavy atom. The summed E-state index contributed by atoms with van der Waals surface area (Å²) in [6.45, 7) is -15.7. The first-order valence-electron chi connectivity index (χ1n) is 33.6. The van der Waals surface area contributed by atoms with Crippen molar-refractivity contribution in [3.05, 3.63) is 48.0 Å². The SMILES string of the molecule is CC(C)(COC(=O)C(C)(CO)CO)C(=O)OCC(COC(=O)C(C)(COC(=O)C(C)(CO)CO)COC(=O)C(C)(CO)CO)(COC(=O)C(C)(COC(=O)C(C)(CO)CO)COC(=O)C(C)(CO)CO)COC(=O)C(C)(COC(=O)C(C)(CO)CO)COC(=O)C(C)(CO)COC(=O)c1cccc2ccccc12. The number of esters is 12. The molecule has 0 amide bonds. The van der Waals surface area contributed by atoms with E-state index in [4.69, 9.17) is 56.8 Å². The lowest BCUT2D eigenvalue weighted by Crippen LogP contribution is -2.51. The molecule has 0 bridgehead atoms. The molecule has 2 unspecified atom stereocenters. The first-order chi connectivity index (χ1) is 50.2. The second kappa shape index (κ2) is 40.5. The summed E-state index contributed by atoms with van der Waals surface area (Å²) in [7, 11) is 0. The van der Waals surface area contributed by atoms with E-state index in [1.165, 1.54) is 6.07 Å². The summed E-state index contributed by atoms with van der Waals surface area (Å²) in [4.78, 5) is 168. The molecule has 0 aliphatic rings. The van der Waals surface area contributed by atoms with E-state index in [1.54, 1.807) is 36.4 Å². The summed E-state index contributed by atoms with van der Waals surface area (Å²) in [5.41, 5.74) is -26.8. The zero-order chi connectivity index (χ0) is 82.8. The first kappa shape index (κ1) is 95.9. The lowest BCUT2D eigenvalue weighted by atomic mass is 9.88. The highest BCUT2D eigenvalue weighted by molar-refractivity contribution is 6.04. The van der Waals surface area contributed by atoms with Crippen LogP contribution in [0.2, 0.25) is 0 Å². The highest BCUT2D eigenvalue weighted by Gasteiger charge is 2.51. The molecule has 2 aromatic rings. The van der Waals surface area contributed by atoms with Crippen LogP contribution in [-0.4, -0.2) is 303 Å². The molecule has 0 heterocycles. The van der Waals surface area contributed by atoms with Gasteiger partial charge < -0.3 is 123 Å². The van der Waals surface area contributed by atoms with Gasteiger partial charge in [-0.25, -0.2) is 4.79 Å². The Morgan fingerprint density at radius 1 is 0.231 bits per heavy atom. The molecule has 0 aliphatic carbocycles. The van der Waals surface area contributed by atoms with Crippen LogP contribution >= 0.6 is 0 Å². The van der Waals surface area contributed by atoms with Crippen molar-refractivity contribution in [3.63, 3.8) is 0 Å². The fourth-order valence-corrected chi connectivity index (χ4v) is 8.14. The van der Waals surface area contributed by atoms with Crippen molar-refractivity contribution in [3.8, 4) is 0 Å². The van der Waals surface area contributed by atoms with Gasteiger partial charge in [0, 0.05) is 0 Å². The van der Waals surface area contributed by atoms with Gasteiger partial charge >= 0.3 is 71.6 Å². The van der Waals surface area contributed by atoms with Gasteiger partial charge in [0.1, 0.15) is 139 Å². The molecule has 0 fully saturated rings. The number of hydrogen-bond donors (Lipinski definition) is 13. The third kappa shape index (κ3) is 24.4. The molecular weight excluding hydrogens is 1440 g/mol. The summed E-state index contributed by atoms with van der Waals surface area (Å²) < 4.78 is 66.8. The summed E-state index contributed by atoms with van der Waals surface area (Å²) in [6.07, 6.45) is 0. The Labute approximate surface area is 622 Å². The first-order valence-corrected chi connectivity index (χ1v) is 33.6. The molecular formula is C71H106O37. The van der Waals surface area contributed by atoms with E-state index in [9.17, 15) is 110 Å². The van der Waals surface area contributed by atoms with Crippen molar-refractivity contribution in [2.45, 2.75) is 83.1 Å². The molecule has 108 heavy (non-hydrogen) atoms. The standard InChI is InChI=1S/C71H106O37/c1-60(2,33-98-50(87)61(3,20-72)21-73)49(86)105-41-71(42-106-57(94)68(10,35-99-51(88)62(4,22-74)23-75)36-100-52(89)63(5,24-76)25-77,43-107-58(95)69(11,37-101-53(90)64(6,26-78)27-79)38-102-54(91)65(7,28-80)29-81)44-108-59(96)70(12,39-103-55(92)66(8,30-82)31-83)40-104-56(93)67(9,32-84)34-97-48(85)47-19-15-17-45-16-13-14-18-46(45)47/h13-19,72-84H,20-44H2,1-12H3. The maximum atomic E-state index is 15.2. The topological polar surface area (TPSA) is 579 Å². The molecule has 0 saturated carbocycles. The summed E-state index contributed by atoms with van der Waals surface area (Å²) in [5.74, 6) is -16.7. The largest absolute Gasteiger partial charge is 0.464 e. The van der Waals surface area contributed by atoms with Crippen LogP contribution in [-0.2, 0) is 110 Å². The number of aliphatic hydroxyl groups excluding tert-OH is 13. The molecule has 0 spiro atoms. The summed E-state index contributed by atoms with van der Waals surface area (Å²) >= 11 is 0. The van der Waals surface area contributed by atoms with Crippen molar-refractivity contribution in [1.82, 2.24) is 0 Å². The fraction of sp³-hybridized carbons (Fsp3) is 0.690. The smallest absolute Gasteiger partial charge is 0.338 e. The third-order valence-electron chi connectivity index (χ3n) is 18.3. The van der Waals surface area contributed by atoms with Gasteiger partial charge in [-0.1, -0.05) is 36.4 Å². The Bertz CT molecular complexity index is 3220. The molecule has 0 aromatic heterocycles. The molecule has 13 N–H and O–H groups in total. The number of carbonyl (C=O) groups is 12. The van der Waals surface area contributed by atoms with E-state index in [1.807, 2.05) is 0 Å². The molecule has 2 aromatic carbocycles. The van der Waals surface area contributed by atoms with Crippen molar-refractivity contribution >= 4 is 82.4 Å². The quantitative estimate of drug-likeness (QED) is 0.0231. The highest BCUT2D eigenvalue weighted by atomic mass is 16.6. The van der Waals surface area contributed by atoms with E-state index in [-0.39, 0.29) is 5.56 Å². The Hall–Kier alpha value is -8.18. The fourth-order valence-electron chi connectivity index (χ4n) is 8.14. The predicted molar refractivity (Wildman–Crippen MR) is 364 cm³/mol. The molecule has 612 valence electrons. The highest BCUT2D eigenvalue weighted by Crippen LogP contribution is 2.35. The van der Waals surface area contributed by atoms with Gasteiger partial charge in [-0.15, -0.1) is 0 Å². The summed E-state index contributed by atoms with van der Waals surface area (Å²) in [5, 5.41) is 132. The van der Waals surface area contributed by atoms with Gasteiger partial charge in [0.25, 0.3) is 0 Å². The zero-order valence-corrected chi connectivity index (χ0v) is 62.8. The number of hydrogen-bond acceptors (Lipinski definition) is 37. The van der Waals surface area contributed by atoms with Crippen molar-refractivity contribution < 1.29 is 181 Å². The van der Waals surface area contributed by atoms with Crippen LogP contribution < -0.4 is 0 Å². The van der Waals surface area contributed by atoms with Crippen LogP contribution in [0.25, 0.3) is 10.8 Å². The van der Waals surface area contributed by atoms with Gasteiger partial charge in [0.15, 0.2) is 0 Å². The molecule has 0 aliphatic heterocycles. The van der Waals surface area contributed by atoms with Crippen LogP contribution in [0.3, 0.4) is 0 Å². The lowest BCUT2D eigenvalue weighted by molar-refractivity contribution is -0.190. The van der Waals surface area contributed by atoms with Crippen LogP contribution in [0.4, 0.5) is 0 Å². The van der Waals surface area contributed by atoms with Crippen LogP contribution in [0.1, 0.15) is 93.4 Å². The van der Waals surface area contributed by atoms with E-state index in [0.29, 0.717) is 10.8 Å². The second-order valence-corrected chi connectivity index (χ2v) is 30.5. The number of ether oxygens (including phenoxy) is 12. The van der Waals surface area contributed by atoms with Crippen LogP contribution in [0.5, 0.6) is 0 Å². The predicted octanol–water partition coefficient (Wildman–Crippen LogP) is -3.05. The molecule has 0 radical (unpaired) electrons. The third-order valence-corrected chi connectivity index (χ3v) is 18.3. The maximum Gasteiger partial charge on any atom is 0.338 e. The molecule has 0 saturated heterocycles. The van der Waals surface area contributed by atoms with E-state index in [2.05, 4.69) is 0 Å². The number of benzene rings is 2. The lowest BCUT2D eigenvalue weighted by Gasteiger charge is -2.37. The van der Waals surface area contributed by atoms with Gasteiger partial charge in [0.2, 0.25) is 0 Å². The molecule has 2 atom stereocenters. The van der Waals surface area contributed by atoms with Gasteiger partial charge in [-0.2, -0.15) is 0 Å². The average molecular weight is 1550 g/mol. The maximum absolute atomic E-state index is 15.2. The number of rotatable bonds is 49. The van der Waals surface area contributed by atoms with Crippen molar-refractivity contribution in [2.75, 3.05) is 165 Å². The normalized spacial score (nSPS) is 13.8. The minimum absolute atomic E-state index is 0.0551. The van der Waals surface area contributed by atoms with E-state index >= 15 is 14.4 Å². The van der Waals surface area contributed by atoms with Gasteiger partial charge in [-0.3, -0.25) is 52.7 Å². The van der Waals surface area contributed by atoms with Crippen LogP contribution in [0.15, 0.2) is 42.5 Å². The Morgan fingerprint density at radius 2 is 0.435 bits per heavy atom. The van der Waals surface area contributed by atoms with Gasteiger partial charge in [-0.05, 0) is 99.9 Å². The summed E-state index contributed by atoms with van der Waals surface area (Å²) in [6, 6.07) is 11.4. The number of carbonyl (C=O) groups excluding carboxylic acids is 12. The minimum atomic E-state index is -2.72. The Balaban J connectivity index is 3.20. The number of aliphatic hydroxyl groups is 13. The van der Waals surface area contributed by atoms with Crippen molar-refractivity contribution in [1.29, 1.82) is 0 Å². The number of fused-ring (bicyclic) bond motifs is 1. The van der Waals surface area contributed by atoms with Crippen LogP contribution in [0, 0.1) is 65.0 Å². The molecule has 2 rings (SSSR count). The minimum Gasteiger partial charge on any atom is -0.464 e.